The molecule has 0 spiro atoms. The van der Waals surface area contributed by atoms with Crippen molar-refractivity contribution in [2.45, 2.75) is 7.43 Å². The zero-order chi connectivity index (χ0) is 0. The smallest absolute Gasteiger partial charge is 0.187 e. The monoisotopic (exact) mass is 272 g/mol. The second kappa shape index (κ2) is 115. The van der Waals surface area contributed by atoms with Crippen LogP contribution in [0, 0.1) is 0 Å². The van der Waals surface area contributed by atoms with E-state index in [1.165, 1.54) is 0 Å². The number of hydrogen-bond acceptors (Lipinski definition) is 1. The van der Waals surface area contributed by atoms with E-state index in [1.54, 1.807) is 0 Å². The third kappa shape index (κ3) is 79.5. The minimum Gasteiger partial charge on any atom is -0.412 e. The summed E-state index contributed by atoms with van der Waals surface area (Å²) in [5.41, 5.74) is 0. The van der Waals surface area contributed by atoms with Crippen LogP contribution >= 0.6 is 9.90 Å². The van der Waals surface area contributed by atoms with Crippen LogP contribution in [0.4, 0.5) is 4.70 Å². The Morgan fingerprint density at radius 3 is 1.00 bits per heavy atom. The van der Waals surface area contributed by atoms with Gasteiger partial charge in [0.25, 0.3) is 0 Å². The molecular formula is CH15AlFNOPTiZr. The zero-order valence-corrected chi connectivity index (χ0v) is 8.73. The van der Waals surface area contributed by atoms with Crippen LogP contribution < -0.4 is 6.15 Å². The third-order valence-corrected chi connectivity index (χ3v) is 0. The van der Waals surface area contributed by atoms with Crippen molar-refractivity contribution in [3.05, 3.63) is 0 Å². The minimum absolute atomic E-state index is 0. The SMILES string of the molecule is C.N.O.P.[AlH3].[F].[Ti].[Zr]. The Labute approximate surface area is 98.0 Å². The van der Waals surface area contributed by atoms with Gasteiger partial charge >= 0.3 is 0 Å². The first-order valence-electron chi connectivity index (χ1n) is 0. The summed E-state index contributed by atoms with van der Waals surface area (Å²) in [6.45, 7) is 0. The predicted octanol–water partition coefficient (Wildman–Crippen LogP) is -0.737. The van der Waals surface area contributed by atoms with E-state index in [2.05, 4.69) is 0 Å². The van der Waals surface area contributed by atoms with Gasteiger partial charge in [-0.05, 0) is 0 Å². The molecule has 1 atom stereocenters. The van der Waals surface area contributed by atoms with Crippen molar-refractivity contribution in [3.63, 3.8) is 0 Å². The van der Waals surface area contributed by atoms with E-state index in [4.69, 9.17) is 0 Å². The molecule has 0 saturated carbocycles. The second-order valence-corrected chi connectivity index (χ2v) is 0. The summed E-state index contributed by atoms with van der Waals surface area (Å²) in [6.07, 6.45) is 0. The Morgan fingerprint density at radius 2 is 1.00 bits per heavy atom. The van der Waals surface area contributed by atoms with Gasteiger partial charge in [-0.1, -0.05) is 7.43 Å². The van der Waals surface area contributed by atoms with Gasteiger partial charge in [0.1, 0.15) is 0 Å². The molecule has 1 radical (unpaired) electrons. The fourth-order valence-electron chi connectivity index (χ4n) is 0. The molecule has 0 aromatic heterocycles. The predicted molar refractivity (Wildman–Crippen MR) is 37.5 cm³/mol. The summed E-state index contributed by atoms with van der Waals surface area (Å²) in [7, 11) is 0. The first kappa shape index (κ1) is 159. The van der Waals surface area contributed by atoms with Gasteiger partial charge in [0, 0.05) is 52.6 Å². The first-order chi connectivity index (χ1) is 0. The molecule has 0 saturated heterocycles. The van der Waals surface area contributed by atoms with Gasteiger partial charge in [-0.3, -0.25) is 0 Å². The van der Waals surface area contributed by atoms with Gasteiger partial charge in [-0.15, -0.1) is 0 Å². The van der Waals surface area contributed by atoms with Crippen molar-refractivity contribution < 1.29 is 58.1 Å². The first-order valence-corrected chi connectivity index (χ1v) is 0. The molecule has 2 nitrogen and oxygen atoms in total. The van der Waals surface area contributed by atoms with Crippen LogP contribution in [0.15, 0.2) is 0 Å². The van der Waals surface area contributed by atoms with Crippen LogP contribution in [-0.2, 0) is 47.9 Å². The largest absolute Gasteiger partial charge is 0.412 e. The summed E-state index contributed by atoms with van der Waals surface area (Å²) in [4.78, 5) is 0. The van der Waals surface area contributed by atoms with Gasteiger partial charge in [0.2, 0.25) is 0 Å². The van der Waals surface area contributed by atoms with E-state index in [-0.39, 0.29) is 98.9 Å². The average molecular weight is 273 g/mol. The normalized spacial score (nSPS) is 0. The van der Waals surface area contributed by atoms with Crippen molar-refractivity contribution in [2.24, 2.45) is 0 Å². The van der Waals surface area contributed by atoms with E-state index in [1.807, 2.05) is 0 Å². The van der Waals surface area contributed by atoms with E-state index >= 15 is 0 Å². The topological polar surface area (TPSA) is 66.5 Å². The molecule has 0 amide bonds. The summed E-state index contributed by atoms with van der Waals surface area (Å²) in [5.74, 6) is 0. The molecule has 0 aliphatic heterocycles. The Hall–Kier alpha value is 2.41. The molecule has 1 unspecified atom stereocenters. The number of hydrogen-bond donors (Lipinski definition) is 1. The summed E-state index contributed by atoms with van der Waals surface area (Å²) in [5, 5.41) is 0. The van der Waals surface area contributed by atoms with Crippen LogP contribution in [0.5, 0.6) is 0 Å². The molecule has 5 N–H and O–H groups in total. The maximum atomic E-state index is 0. The zero-order valence-electron chi connectivity index (χ0n) is 3.29. The van der Waals surface area contributed by atoms with Gasteiger partial charge in [-0.2, -0.15) is 9.90 Å². The molecule has 0 bridgehead atoms. The van der Waals surface area contributed by atoms with E-state index in [0.717, 1.165) is 0 Å². The molecule has 0 aromatic rings. The van der Waals surface area contributed by atoms with E-state index in [0.29, 0.717) is 0 Å². The molecule has 0 aliphatic rings. The Bertz CT molecular complexity index is 24.0. The molecular weight excluding hydrogens is 258 g/mol. The Balaban J connectivity index is 0. The Kier molecular flexibility index (Phi) is 2270. The fourth-order valence-corrected chi connectivity index (χ4v) is 0. The molecule has 0 rings (SSSR count). The number of rotatable bonds is 0. The van der Waals surface area contributed by atoms with Gasteiger partial charge < -0.3 is 11.6 Å². The van der Waals surface area contributed by atoms with Crippen molar-refractivity contribution in [3.8, 4) is 0 Å². The molecule has 0 aromatic carbocycles. The standard InChI is InChI=1S/CH4.Al.F.H3N.H2O.H3P.Ti.Zr.3H/h1H4;;;1H3;1H2;1H3;;;;;. The van der Waals surface area contributed by atoms with E-state index in [9.17, 15) is 0 Å². The van der Waals surface area contributed by atoms with Crippen LogP contribution in [0.2, 0.25) is 0 Å². The quantitative estimate of drug-likeness (QED) is 0.458. The fraction of sp³-hybridized carbons (Fsp3) is 1.00. The molecule has 53 valence electrons. The third-order valence-electron chi connectivity index (χ3n) is 0. The molecule has 0 heterocycles. The van der Waals surface area contributed by atoms with Crippen LogP contribution in [0.1, 0.15) is 7.43 Å². The van der Waals surface area contributed by atoms with Crippen molar-refractivity contribution in [2.75, 3.05) is 0 Å². The average Bonchev–Trinajstić information content (AvgIpc) is 0. The Morgan fingerprint density at radius 1 is 1.00 bits per heavy atom. The summed E-state index contributed by atoms with van der Waals surface area (Å²) >= 11 is 0. The minimum atomic E-state index is 0. The van der Waals surface area contributed by atoms with Crippen molar-refractivity contribution in [1.82, 2.24) is 6.15 Å². The van der Waals surface area contributed by atoms with Gasteiger partial charge in [0.05, 0.1) is 0 Å². The van der Waals surface area contributed by atoms with Gasteiger partial charge in [0.15, 0.2) is 17.4 Å². The van der Waals surface area contributed by atoms with Gasteiger partial charge in [-0.25, -0.2) is 0 Å². The maximum Gasteiger partial charge on any atom is 0.187 e. The van der Waals surface area contributed by atoms with E-state index < -0.39 is 0 Å². The van der Waals surface area contributed by atoms with Crippen LogP contribution in [-0.4, -0.2) is 22.8 Å². The maximum absolute atomic E-state index is 0. The van der Waals surface area contributed by atoms with Crippen molar-refractivity contribution >= 4 is 27.3 Å². The summed E-state index contributed by atoms with van der Waals surface area (Å²) < 4.78 is 0. The second-order valence-electron chi connectivity index (χ2n) is 0. The van der Waals surface area contributed by atoms with Crippen molar-refractivity contribution in [1.29, 1.82) is 0 Å². The van der Waals surface area contributed by atoms with Crippen LogP contribution in [0.25, 0.3) is 0 Å². The molecule has 8 heavy (non-hydrogen) atoms. The molecule has 7 heteroatoms. The molecule has 0 aliphatic carbocycles. The number of halogens is 1. The van der Waals surface area contributed by atoms with Crippen LogP contribution in [0.3, 0.4) is 0 Å². The molecule has 0 fully saturated rings. The summed E-state index contributed by atoms with van der Waals surface area (Å²) in [6, 6.07) is 0.